The van der Waals surface area contributed by atoms with E-state index in [1.807, 2.05) is 40.8 Å². The number of aromatic amines is 1. The Bertz CT molecular complexity index is 2100. The molecule has 1 saturated heterocycles. The van der Waals surface area contributed by atoms with Gasteiger partial charge < -0.3 is 25.0 Å². The van der Waals surface area contributed by atoms with Gasteiger partial charge in [0.25, 0.3) is 11.1 Å². The number of ether oxygens (including phenoxy) is 1. The van der Waals surface area contributed by atoms with Crippen LogP contribution in [0.15, 0.2) is 85.2 Å². The molecule has 0 bridgehead atoms. The molecule has 0 unspecified atom stereocenters. The van der Waals surface area contributed by atoms with Crippen molar-refractivity contribution in [2.45, 2.75) is 38.3 Å². The Hall–Kier alpha value is -4.87. The van der Waals surface area contributed by atoms with Crippen molar-refractivity contribution in [1.29, 1.82) is 0 Å². The van der Waals surface area contributed by atoms with Crippen molar-refractivity contribution in [1.82, 2.24) is 33.8 Å². The summed E-state index contributed by atoms with van der Waals surface area (Å²) in [6.45, 7) is 2.21. The summed E-state index contributed by atoms with van der Waals surface area (Å²) < 4.78 is 11.1. The second-order valence-corrected chi connectivity index (χ2v) is 11.4. The number of fused-ring (bicyclic) bond motifs is 3. The summed E-state index contributed by atoms with van der Waals surface area (Å²) in [6.07, 6.45) is 5.45. The van der Waals surface area contributed by atoms with Crippen LogP contribution in [0.3, 0.4) is 0 Å². The van der Waals surface area contributed by atoms with Crippen molar-refractivity contribution in [3.05, 3.63) is 113 Å². The quantitative estimate of drug-likeness (QED) is 0.0840. The molecule has 3 atom stereocenters. The number of H-pyrrole nitrogens is 1. The fourth-order valence-electron chi connectivity index (χ4n) is 4.93. The molecule has 5 heterocycles. The van der Waals surface area contributed by atoms with E-state index in [-0.39, 0.29) is 18.6 Å². The number of aromatic nitrogens is 6. The first-order valence-corrected chi connectivity index (χ1v) is 15.1. The summed E-state index contributed by atoms with van der Waals surface area (Å²) in [7, 11) is 0. The third-order valence-corrected chi connectivity index (χ3v) is 7.85. The smallest absolute Gasteiger partial charge is 0.330 e. The summed E-state index contributed by atoms with van der Waals surface area (Å²) >= 11 is 8.64. The van der Waals surface area contributed by atoms with Crippen LogP contribution in [0.2, 0.25) is 0 Å². The Balaban J connectivity index is 0.000000193. The molecule has 16 nitrogen and oxygen atoms in total. The van der Waals surface area contributed by atoms with E-state index in [0.29, 0.717) is 35.2 Å². The minimum absolute atomic E-state index is 0.131. The number of halogens is 1. The predicted molar refractivity (Wildman–Crippen MR) is 178 cm³/mol. The molecular weight excluding hydrogens is 682 g/mol. The minimum Gasteiger partial charge on any atom is -0.394 e. The lowest BCUT2D eigenvalue weighted by Crippen LogP contribution is -2.34. The van der Waals surface area contributed by atoms with E-state index in [1.165, 1.54) is 10.8 Å². The van der Waals surface area contributed by atoms with Crippen molar-refractivity contribution in [2.75, 3.05) is 18.5 Å². The number of hydrogen-bond acceptors (Lipinski definition) is 9. The standard InChI is InChI=1S/C18H15BrN6OS.C10H13N5O4/c19-12-5-6-15(22-11-12)23-18(27)21-8-10-25-14-4-2-1-3-13(14)24-9-7-20-16(24)17(25)26;1-5-3-15(10(18)12-9(5)17)8-2-6(13-14-11)7(4-16)19-8/h1-7,9,11H,8,10H2,(H2,21,22,23,27);3,6-8,16H,2,4H2,1H3,(H,12,17,18)/t;6-,7+,8+/m.0/s1. The number of para-hydroxylation sites is 2. The van der Waals surface area contributed by atoms with Gasteiger partial charge in [-0.2, -0.15) is 0 Å². The first kappa shape index (κ1) is 32.5. The molecule has 46 heavy (non-hydrogen) atoms. The highest BCUT2D eigenvalue weighted by Crippen LogP contribution is 2.29. The molecule has 5 aromatic rings. The molecule has 1 aliphatic heterocycles. The Labute approximate surface area is 273 Å². The third kappa shape index (κ3) is 7.16. The molecule has 1 aliphatic rings. The summed E-state index contributed by atoms with van der Waals surface area (Å²) in [4.78, 5) is 49.0. The molecule has 4 N–H and O–H groups in total. The van der Waals surface area contributed by atoms with Crippen LogP contribution in [0.25, 0.3) is 27.1 Å². The summed E-state index contributed by atoms with van der Waals surface area (Å²) in [5.74, 6) is 0.650. The van der Waals surface area contributed by atoms with Gasteiger partial charge in [0.05, 0.1) is 29.8 Å². The Morgan fingerprint density at radius 1 is 1.24 bits per heavy atom. The van der Waals surface area contributed by atoms with Crippen LogP contribution in [0.1, 0.15) is 18.2 Å². The molecule has 4 aromatic heterocycles. The molecule has 0 aliphatic carbocycles. The average molecular weight is 711 g/mol. The fraction of sp³-hybridized carbons (Fsp3) is 0.286. The highest BCUT2D eigenvalue weighted by Gasteiger charge is 2.35. The highest BCUT2D eigenvalue weighted by atomic mass is 79.9. The van der Waals surface area contributed by atoms with Gasteiger partial charge >= 0.3 is 5.69 Å². The Morgan fingerprint density at radius 3 is 2.74 bits per heavy atom. The molecular formula is C28H28BrN11O5S. The van der Waals surface area contributed by atoms with E-state index >= 15 is 0 Å². The number of aryl methyl sites for hydroxylation is 1. The van der Waals surface area contributed by atoms with Crippen LogP contribution in [-0.4, -0.2) is 64.0 Å². The van der Waals surface area contributed by atoms with Crippen LogP contribution in [0.5, 0.6) is 0 Å². The number of pyridine rings is 1. The number of azide groups is 1. The number of hydrogen-bond donors (Lipinski definition) is 4. The number of anilines is 1. The molecule has 6 rings (SSSR count). The van der Waals surface area contributed by atoms with Crippen molar-refractivity contribution in [3.8, 4) is 0 Å². The van der Waals surface area contributed by atoms with E-state index in [4.69, 9.17) is 27.6 Å². The second kappa shape index (κ2) is 14.5. The first-order valence-electron chi connectivity index (χ1n) is 13.9. The van der Waals surface area contributed by atoms with Gasteiger partial charge in [0.15, 0.2) is 5.11 Å². The van der Waals surface area contributed by atoms with Crippen LogP contribution >= 0.6 is 28.1 Å². The predicted octanol–water partition coefficient (Wildman–Crippen LogP) is 2.60. The van der Waals surface area contributed by atoms with E-state index in [9.17, 15) is 14.4 Å². The number of aliphatic hydroxyl groups excluding tert-OH is 1. The maximum Gasteiger partial charge on any atom is 0.330 e. The number of aliphatic hydroxyl groups is 1. The van der Waals surface area contributed by atoms with Crippen molar-refractivity contribution in [3.63, 3.8) is 0 Å². The summed E-state index contributed by atoms with van der Waals surface area (Å²) in [6, 6.07) is 10.9. The number of rotatable bonds is 7. The first-order chi connectivity index (χ1) is 22.2. The van der Waals surface area contributed by atoms with Gasteiger partial charge in [-0.05, 0) is 64.9 Å². The second-order valence-electron chi connectivity index (χ2n) is 10.1. The summed E-state index contributed by atoms with van der Waals surface area (Å²) in [5.41, 5.74) is 9.82. The van der Waals surface area contributed by atoms with E-state index < -0.39 is 29.6 Å². The zero-order valence-corrected chi connectivity index (χ0v) is 26.7. The van der Waals surface area contributed by atoms with Gasteiger partial charge in [-0.3, -0.25) is 23.5 Å². The number of thiocarbonyl (C=S) groups is 1. The average Bonchev–Trinajstić information content (AvgIpc) is 3.70. The molecule has 1 fully saturated rings. The normalized spacial score (nSPS) is 17.2. The van der Waals surface area contributed by atoms with Gasteiger partial charge in [-0.25, -0.2) is 14.8 Å². The van der Waals surface area contributed by atoms with E-state index in [2.05, 4.69) is 51.5 Å². The number of imidazole rings is 1. The van der Waals surface area contributed by atoms with Gasteiger partial charge in [-0.1, -0.05) is 17.2 Å². The maximum absolute atomic E-state index is 12.8. The van der Waals surface area contributed by atoms with Gasteiger partial charge in [0.2, 0.25) is 5.65 Å². The van der Waals surface area contributed by atoms with Crippen LogP contribution < -0.4 is 27.4 Å². The summed E-state index contributed by atoms with van der Waals surface area (Å²) in [5, 5.41) is 19.2. The van der Waals surface area contributed by atoms with Gasteiger partial charge in [0, 0.05) is 59.2 Å². The van der Waals surface area contributed by atoms with E-state index in [0.717, 1.165) is 15.5 Å². The third-order valence-electron chi connectivity index (χ3n) is 7.14. The molecule has 1 aromatic carbocycles. The van der Waals surface area contributed by atoms with Gasteiger partial charge in [-0.15, -0.1) is 0 Å². The molecule has 18 heteroatoms. The molecule has 0 radical (unpaired) electrons. The Morgan fingerprint density at radius 2 is 2.02 bits per heavy atom. The fourth-order valence-corrected chi connectivity index (χ4v) is 5.38. The zero-order chi connectivity index (χ0) is 32.8. The topological polar surface area (TPSA) is 209 Å². The zero-order valence-electron chi connectivity index (χ0n) is 24.3. The number of benzene rings is 1. The van der Waals surface area contributed by atoms with E-state index in [1.54, 1.807) is 30.1 Å². The lowest BCUT2D eigenvalue weighted by Gasteiger charge is -2.14. The highest BCUT2D eigenvalue weighted by molar-refractivity contribution is 9.10. The number of nitrogens with zero attached hydrogens (tertiary/aromatic N) is 8. The van der Waals surface area contributed by atoms with Crippen molar-refractivity contribution >= 4 is 55.8 Å². The molecule has 0 saturated carbocycles. The van der Waals surface area contributed by atoms with Gasteiger partial charge in [0.1, 0.15) is 12.0 Å². The van der Waals surface area contributed by atoms with Crippen molar-refractivity contribution in [2.24, 2.45) is 5.11 Å². The number of nitrogens with one attached hydrogen (secondary N) is 3. The van der Waals surface area contributed by atoms with Crippen LogP contribution in [0, 0.1) is 6.92 Å². The molecule has 238 valence electrons. The van der Waals surface area contributed by atoms with Crippen molar-refractivity contribution < 1.29 is 9.84 Å². The Kier molecular flexibility index (Phi) is 10.2. The lowest BCUT2D eigenvalue weighted by molar-refractivity contribution is -0.0271. The SMILES string of the molecule is Cc1cn([C@H]2C[C@H](N=[N+]=[N-])[C@@H](CO)O2)c(=O)[nH]c1=O.O=c1c2nccn2c2ccccc2n1CCNC(=S)Nc1ccc(Br)cn1. The largest absolute Gasteiger partial charge is 0.394 e. The lowest BCUT2D eigenvalue weighted by atomic mass is 10.1. The monoisotopic (exact) mass is 709 g/mol. The molecule has 0 spiro atoms. The van der Waals surface area contributed by atoms with Crippen LogP contribution in [-0.2, 0) is 11.3 Å². The maximum atomic E-state index is 12.8. The minimum atomic E-state index is -0.671. The molecule has 0 amide bonds. The van der Waals surface area contributed by atoms with Crippen LogP contribution in [0.4, 0.5) is 5.82 Å².